The fourth-order valence-corrected chi connectivity index (χ4v) is 5.55. The number of nitrogens with zero attached hydrogens (tertiary/aromatic N) is 2. The molecule has 0 spiro atoms. The van der Waals surface area contributed by atoms with E-state index in [-0.39, 0.29) is 23.4 Å². The van der Waals surface area contributed by atoms with E-state index < -0.39 is 28.5 Å². The van der Waals surface area contributed by atoms with E-state index in [1.165, 1.54) is 17.0 Å². The Bertz CT molecular complexity index is 1400. The lowest BCUT2D eigenvalue weighted by atomic mass is 10.1. The van der Waals surface area contributed by atoms with Crippen LogP contribution in [0.5, 0.6) is 11.5 Å². The van der Waals surface area contributed by atoms with Crippen LogP contribution in [0.4, 0.5) is 5.69 Å². The highest BCUT2D eigenvalue weighted by Gasteiger charge is 2.32. The van der Waals surface area contributed by atoms with Crippen LogP contribution in [0.15, 0.2) is 83.8 Å². The first-order valence-corrected chi connectivity index (χ1v) is 15.1. The number of sulfonamides is 1. The molecule has 0 bridgehead atoms. The van der Waals surface area contributed by atoms with Gasteiger partial charge in [-0.25, -0.2) is 8.42 Å². The first-order chi connectivity index (χ1) is 19.6. The van der Waals surface area contributed by atoms with Gasteiger partial charge in [0.05, 0.1) is 24.3 Å². The maximum Gasteiger partial charge on any atom is 0.264 e. The van der Waals surface area contributed by atoms with Crippen molar-refractivity contribution in [2.24, 2.45) is 0 Å². The van der Waals surface area contributed by atoms with Crippen molar-refractivity contribution in [3.05, 3.63) is 84.4 Å². The van der Waals surface area contributed by atoms with Crippen molar-refractivity contribution in [3.63, 3.8) is 0 Å². The molecule has 3 rings (SSSR count). The molecular formula is C31H39N3O6S. The summed E-state index contributed by atoms with van der Waals surface area (Å²) in [5.41, 5.74) is 1.06. The highest BCUT2D eigenvalue weighted by molar-refractivity contribution is 7.92. The summed E-state index contributed by atoms with van der Waals surface area (Å²) in [5.74, 6) is 0.296. The maximum absolute atomic E-state index is 14.0. The van der Waals surface area contributed by atoms with Crippen LogP contribution in [-0.4, -0.2) is 57.5 Å². The van der Waals surface area contributed by atoms with Crippen LogP contribution in [0.25, 0.3) is 0 Å². The summed E-state index contributed by atoms with van der Waals surface area (Å²) in [7, 11) is -2.61. The van der Waals surface area contributed by atoms with Gasteiger partial charge in [-0.05, 0) is 81.3 Å². The van der Waals surface area contributed by atoms with Crippen molar-refractivity contribution < 1.29 is 27.5 Å². The molecule has 0 aliphatic carbocycles. The van der Waals surface area contributed by atoms with Crippen molar-refractivity contribution in [3.8, 4) is 11.5 Å². The first-order valence-electron chi connectivity index (χ1n) is 13.6. The van der Waals surface area contributed by atoms with Gasteiger partial charge in [-0.2, -0.15) is 0 Å². The smallest absolute Gasteiger partial charge is 0.264 e. The lowest BCUT2D eigenvalue weighted by Gasteiger charge is -2.32. The minimum Gasteiger partial charge on any atom is -0.497 e. The Balaban J connectivity index is 2.00. The van der Waals surface area contributed by atoms with Crippen molar-refractivity contribution in [1.82, 2.24) is 10.2 Å². The Kier molecular flexibility index (Phi) is 11.2. The van der Waals surface area contributed by atoms with Gasteiger partial charge in [-0.1, -0.05) is 37.3 Å². The van der Waals surface area contributed by atoms with Crippen molar-refractivity contribution in [2.45, 2.75) is 57.6 Å². The lowest BCUT2D eigenvalue weighted by Crippen LogP contribution is -2.52. The third-order valence-corrected chi connectivity index (χ3v) is 8.49. The van der Waals surface area contributed by atoms with Gasteiger partial charge in [-0.3, -0.25) is 13.9 Å². The highest BCUT2D eigenvalue weighted by atomic mass is 32.2. The quantitative estimate of drug-likeness (QED) is 0.298. The normalized spacial score (nSPS) is 12.6. The number of anilines is 1. The maximum atomic E-state index is 14.0. The Morgan fingerprint density at radius 1 is 0.902 bits per heavy atom. The first kappa shape index (κ1) is 31.5. The number of para-hydroxylation sites is 1. The fraction of sp³-hybridized carbons (Fsp3) is 0.355. The summed E-state index contributed by atoms with van der Waals surface area (Å²) in [4.78, 5) is 28.6. The van der Waals surface area contributed by atoms with Crippen molar-refractivity contribution >= 4 is 27.5 Å². The number of carbonyl (C=O) groups is 2. The van der Waals surface area contributed by atoms with E-state index in [9.17, 15) is 18.0 Å². The zero-order valence-corrected chi connectivity index (χ0v) is 25.1. The number of carbonyl (C=O) groups excluding carboxylic acids is 2. The Hall–Kier alpha value is -4.05. The predicted octanol–water partition coefficient (Wildman–Crippen LogP) is 4.62. The molecule has 0 saturated heterocycles. The van der Waals surface area contributed by atoms with E-state index in [0.29, 0.717) is 23.8 Å². The van der Waals surface area contributed by atoms with Gasteiger partial charge in [0.25, 0.3) is 10.0 Å². The van der Waals surface area contributed by atoms with Crippen LogP contribution in [0, 0.1) is 0 Å². The number of methoxy groups -OCH3 is 1. The van der Waals surface area contributed by atoms with E-state index in [1.54, 1.807) is 74.7 Å². The Morgan fingerprint density at radius 2 is 1.59 bits per heavy atom. The van der Waals surface area contributed by atoms with E-state index in [4.69, 9.17) is 9.47 Å². The van der Waals surface area contributed by atoms with Gasteiger partial charge in [-0.15, -0.1) is 0 Å². The summed E-state index contributed by atoms with van der Waals surface area (Å²) in [6, 6.07) is 20.8. The average molecular weight is 582 g/mol. The second-order valence-electron chi connectivity index (χ2n) is 9.62. The number of nitrogens with one attached hydrogen (secondary N) is 1. The monoisotopic (exact) mass is 581 g/mol. The number of hydrogen-bond donors (Lipinski definition) is 1. The average Bonchev–Trinajstić information content (AvgIpc) is 2.99. The van der Waals surface area contributed by atoms with E-state index in [0.717, 1.165) is 16.3 Å². The minimum absolute atomic E-state index is 0.0134. The van der Waals surface area contributed by atoms with Gasteiger partial charge in [0.15, 0.2) is 0 Å². The van der Waals surface area contributed by atoms with Crippen LogP contribution in [0.2, 0.25) is 0 Å². The molecule has 0 heterocycles. The Morgan fingerprint density at radius 3 is 2.20 bits per heavy atom. The molecule has 0 fully saturated rings. The van der Waals surface area contributed by atoms with Gasteiger partial charge in [0.1, 0.15) is 24.1 Å². The SMILES string of the molecule is CCOc1ccc(S(=O)(=O)N(CC(=O)N(Cc2cccc(OC)c2)C(C)C(=O)NC(C)CC)c2ccccc2)cc1. The molecule has 1 N–H and O–H groups in total. The number of ether oxygens (including phenoxy) is 2. The molecule has 220 valence electrons. The predicted molar refractivity (Wildman–Crippen MR) is 159 cm³/mol. The van der Waals surface area contributed by atoms with Crippen molar-refractivity contribution in [2.75, 3.05) is 24.6 Å². The number of rotatable bonds is 14. The molecule has 41 heavy (non-hydrogen) atoms. The van der Waals surface area contributed by atoms with E-state index >= 15 is 0 Å². The summed E-state index contributed by atoms with van der Waals surface area (Å²) in [6.45, 7) is 7.35. The number of hydrogen-bond acceptors (Lipinski definition) is 6. The summed E-state index contributed by atoms with van der Waals surface area (Å²) in [5, 5.41) is 2.93. The molecule has 0 saturated carbocycles. The van der Waals surface area contributed by atoms with Gasteiger partial charge in [0, 0.05) is 12.6 Å². The molecule has 3 aromatic rings. The van der Waals surface area contributed by atoms with Gasteiger partial charge >= 0.3 is 0 Å². The topological polar surface area (TPSA) is 105 Å². The molecule has 10 heteroatoms. The van der Waals surface area contributed by atoms with Gasteiger partial charge < -0.3 is 19.7 Å². The van der Waals surface area contributed by atoms with Crippen LogP contribution in [-0.2, 0) is 26.2 Å². The second-order valence-corrected chi connectivity index (χ2v) is 11.5. The minimum atomic E-state index is -4.16. The van der Waals surface area contributed by atoms with Crippen LogP contribution in [0.1, 0.15) is 39.7 Å². The molecule has 9 nitrogen and oxygen atoms in total. The van der Waals surface area contributed by atoms with Crippen LogP contribution < -0.4 is 19.1 Å². The molecule has 2 atom stereocenters. The summed E-state index contributed by atoms with van der Waals surface area (Å²) < 4.78 is 39.7. The van der Waals surface area contributed by atoms with E-state index in [2.05, 4.69) is 5.32 Å². The molecule has 0 radical (unpaired) electrons. The zero-order valence-electron chi connectivity index (χ0n) is 24.2. The fourth-order valence-electron chi connectivity index (χ4n) is 4.14. The number of amides is 2. The van der Waals surface area contributed by atoms with Crippen molar-refractivity contribution in [1.29, 1.82) is 0 Å². The van der Waals surface area contributed by atoms with Gasteiger partial charge in [0.2, 0.25) is 11.8 Å². The third-order valence-electron chi connectivity index (χ3n) is 6.70. The highest BCUT2D eigenvalue weighted by Crippen LogP contribution is 2.26. The zero-order chi connectivity index (χ0) is 30.0. The molecule has 2 amide bonds. The van der Waals surface area contributed by atoms with E-state index in [1.807, 2.05) is 26.8 Å². The molecule has 2 unspecified atom stereocenters. The van der Waals surface area contributed by atoms with Crippen LogP contribution >= 0.6 is 0 Å². The Labute approximate surface area is 243 Å². The molecular weight excluding hydrogens is 542 g/mol. The molecule has 3 aromatic carbocycles. The third kappa shape index (κ3) is 8.23. The molecule has 0 aliphatic heterocycles. The molecule has 0 aromatic heterocycles. The largest absolute Gasteiger partial charge is 0.497 e. The second kappa shape index (κ2) is 14.5. The lowest BCUT2D eigenvalue weighted by molar-refractivity contribution is -0.139. The standard InChI is InChI=1S/C31H39N3O6S/c1-6-23(3)32-31(36)24(4)33(21-25-12-11-15-28(20-25)39-5)30(35)22-34(26-13-9-8-10-14-26)41(37,38)29-18-16-27(17-19-29)40-7-2/h8-20,23-24H,6-7,21-22H2,1-5H3,(H,32,36). The number of benzene rings is 3. The van der Waals surface area contributed by atoms with Crippen LogP contribution in [0.3, 0.4) is 0 Å². The summed E-state index contributed by atoms with van der Waals surface area (Å²) in [6.07, 6.45) is 0.727. The molecule has 0 aliphatic rings. The summed E-state index contributed by atoms with van der Waals surface area (Å²) >= 11 is 0.